The van der Waals surface area contributed by atoms with Crippen LogP contribution < -0.4 is 10.2 Å². The third-order valence-electron chi connectivity index (χ3n) is 5.10. The zero-order valence-electron chi connectivity index (χ0n) is 16.0. The highest BCUT2D eigenvalue weighted by Crippen LogP contribution is 2.35. The summed E-state index contributed by atoms with van der Waals surface area (Å²) < 4.78 is 0. The smallest absolute Gasteiger partial charge is 0.163 e. The van der Waals surface area contributed by atoms with Gasteiger partial charge in [0.25, 0.3) is 0 Å². The lowest BCUT2D eigenvalue weighted by Crippen LogP contribution is -2.16. The highest BCUT2D eigenvalue weighted by molar-refractivity contribution is 5.71. The van der Waals surface area contributed by atoms with Gasteiger partial charge in [-0.05, 0) is 29.7 Å². The molecule has 0 saturated carbocycles. The van der Waals surface area contributed by atoms with Gasteiger partial charge in [-0.25, -0.2) is 9.97 Å². The largest absolute Gasteiger partial charge is 0.366 e. The topological polar surface area (TPSA) is 53.9 Å². The molecular weight excluding hydrogens is 358 g/mol. The normalized spacial score (nSPS) is 12.6. The van der Waals surface area contributed by atoms with Gasteiger partial charge in [-0.15, -0.1) is 0 Å². The molecule has 5 nitrogen and oxygen atoms in total. The van der Waals surface area contributed by atoms with E-state index >= 15 is 0 Å². The number of nitrogens with zero attached hydrogens (tertiary/aromatic N) is 4. The Morgan fingerprint density at radius 2 is 1.76 bits per heavy atom. The summed E-state index contributed by atoms with van der Waals surface area (Å²) in [6.45, 7) is 1.59. The number of benzene rings is 2. The van der Waals surface area contributed by atoms with E-state index in [-0.39, 0.29) is 0 Å². The Balaban J connectivity index is 1.52. The molecule has 5 rings (SSSR count). The molecule has 0 spiro atoms. The van der Waals surface area contributed by atoms with Gasteiger partial charge in [0.2, 0.25) is 0 Å². The summed E-state index contributed by atoms with van der Waals surface area (Å²) in [5.41, 5.74) is 4.70. The van der Waals surface area contributed by atoms with Crippen LogP contribution in [0.5, 0.6) is 0 Å². The van der Waals surface area contributed by atoms with E-state index in [0.29, 0.717) is 6.54 Å². The molecule has 2 aromatic heterocycles. The molecule has 1 aliphatic heterocycles. The molecule has 0 unspecified atom stereocenters. The van der Waals surface area contributed by atoms with Gasteiger partial charge in [0.1, 0.15) is 11.6 Å². The predicted octanol–water partition coefficient (Wildman–Crippen LogP) is 4.84. The van der Waals surface area contributed by atoms with Crippen LogP contribution in [0.25, 0.3) is 11.4 Å². The first-order chi connectivity index (χ1) is 14.4. The Bertz CT molecular complexity index is 1110. The number of rotatable bonds is 5. The van der Waals surface area contributed by atoms with Crippen LogP contribution in [-0.2, 0) is 13.0 Å². The molecule has 0 bridgehead atoms. The number of hydrogen-bond acceptors (Lipinski definition) is 5. The molecule has 0 amide bonds. The molecule has 2 aromatic carbocycles. The molecule has 0 aliphatic carbocycles. The van der Waals surface area contributed by atoms with E-state index in [1.54, 1.807) is 6.20 Å². The highest BCUT2D eigenvalue weighted by Gasteiger charge is 2.22. The second kappa shape index (κ2) is 7.72. The van der Waals surface area contributed by atoms with Crippen LogP contribution in [0.3, 0.4) is 0 Å². The minimum absolute atomic E-state index is 0.662. The lowest BCUT2D eigenvalue weighted by molar-refractivity contribution is 0.963. The fourth-order valence-electron chi connectivity index (χ4n) is 3.65. The van der Waals surface area contributed by atoms with E-state index in [1.165, 1.54) is 11.3 Å². The number of fused-ring (bicyclic) bond motifs is 1. The molecule has 1 aliphatic rings. The summed E-state index contributed by atoms with van der Waals surface area (Å²) in [5.74, 6) is 2.45. The molecular formula is C24H21N5. The first-order valence-electron chi connectivity index (χ1n) is 9.79. The Labute approximate surface area is 170 Å². The molecule has 0 radical (unpaired) electrons. The van der Waals surface area contributed by atoms with Gasteiger partial charge in [0.15, 0.2) is 5.82 Å². The zero-order chi connectivity index (χ0) is 19.5. The quantitative estimate of drug-likeness (QED) is 0.537. The van der Waals surface area contributed by atoms with Crippen molar-refractivity contribution in [2.45, 2.75) is 13.0 Å². The molecule has 29 heavy (non-hydrogen) atoms. The number of anilines is 3. The molecule has 1 N–H and O–H groups in total. The SMILES string of the molecule is c1ccc(-c2nc(NCc3cccnc3)cc(N3CCc4ccccc43)n2)cc1. The average molecular weight is 379 g/mol. The third kappa shape index (κ3) is 3.67. The average Bonchev–Trinajstić information content (AvgIpc) is 3.23. The van der Waals surface area contributed by atoms with E-state index in [9.17, 15) is 0 Å². The lowest BCUT2D eigenvalue weighted by Gasteiger charge is -2.20. The fourth-order valence-corrected chi connectivity index (χ4v) is 3.65. The number of hydrogen-bond donors (Lipinski definition) is 1. The maximum absolute atomic E-state index is 4.90. The van der Waals surface area contributed by atoms with Crippen LogP contribution in [0, 0.1) is 0 Å². The van der Waals surface area contributed by atoms with Crippen LogP contribution in [0.2, 0.25) is 0 Å². The van der Waals surface area contributed by atoms with Crippen LogP contribution in [0.15, 0.2) is 85.2 Å². The van der Waals surface area contributed by atoms with Gasteiger partial charge in [0, 0.05) is 42.8 Å². The van der Waals surface area contributed by atoms with Crippen molar-refractivity contribution in [2.24, 2.45) is 0 Å². The summed E-state index contributed by atoms with van der Waals surface area (Å²) >= 11 is 0. The van der Waals surface area contributed by atoms with E-state index < -0.39 is 0 Å². The summed E-state index contributed by atoms with van der Waals surface area (Å²) in [4.78, 5) is 16.1. The van der Waals surface area contributed by atoms with Crippen molar-refractivity contribution in [2.75, 3.05) is 16.8 Å². The summed E-state index contributed by atoms with van der Waals surface area (Å²) in [6.07, 6.45) is 4.67. The van der Waals surface area contributed by atoms with Gasteiger partial charge < -0.3 is 10.2 Å². The number of nitrogens with one attached hydrogen (secondary N) is 1. The number of pyridine rings is 1. The zero-order valence-corrected chi connectivity index (χ0v) is 16.0. The monoisotopic (exact) mass is 379 g/mol. The van der Waals surface area contributed by atoms with E-state index in [4.69, 9.17) is 9.97 Å². The van der Waals surface area contributed by atoms with Crippen LogP contribution in [-0.4, -0.2) is 21.5 Å². The standard InChI is InChI=1S/C24H21N5/c1-2-9-20(10-3-1)24-27-22(26-17-18-7-6-13-25-16-18)15-23(28-24)29-14-12-19-8-4-5-11-21(19)29/h1-11,13,15-16H,12,14,17H2,(H,26,27,28). The van der Waals surface area contributed by atoms with Crippen molar-refractivity contribution in [3.63, 3.8) is 0 Å². The Hall–Kier alpha value is -3.73. The van der Waals surface area contributed by atoms with Crippen molar-refractivity contribution >= 4 is 17.3 Å². The first-order valence-corrected chi connectivity index (χ1v) is 9.79. The minimum atomic E-state index is 0.662. The Morgan fingerprint density at radius 3 is 2.62 bits per heavy atom. The van der Waals surface area contributed by atoms with E-state index in [2.05, 4.69) is 45.5 Å². The lowest BCUT2D eigenvalue weighted by atomic mass is 10.2. The predicted molar refractivity (Wildman–Crippen MR) is 116 cm³/mol. The Kier molecular flexibility index (Phi) is 4.62. The summed E-state index contributed by atoms with van der Waals surface area (Å²) in [7, 11) is 0. The molecule has 0 atom stereocenters. The van der Waals surface area contributed by atoms with Gasteiger partial charge in [-0.3, -0.25) is 4.98 Å². The number of para-hydroxylation sites is 1. The van der Waals surface area contributed by atoms with Crippen LogP contribution >= 0.6 is 0 Å². The maximum Gasteiger partial charge on any atom is 0.163 e. The second-order valence-corrected chi connectivity index (χ2v) is 7.05. The maximum atomic E-state index is 4.90. The van der Waals surface area contributed by atoms with Crippen molar-refractivity contribution in [1.82, 2.24) is 15.0 Å². The molecule has 142 valence electrons. The molecule has 0 fully saturated rings. The van der Waals surface area contributed by atoms with Gasteiger partial charge in [0.05, 0.1) is 0 Å². The minimum Gasteiger partial charge on any atom is -0.366 e. The van der Waals surface area contributed by atoms with Crippen molar-refractivity contribution in [1.29, 1.82) is 0 Å². The third-order valence-corrected chi connectivity index (χ3v) is 5.10. The van der Waals surface area contributed by atoms with Crippen molar-refractivity contribution in [3.05, 3.63) is 96.3 Å². The molecule has 0 saturated heterocycles. The molecule has 5 heteroatoms. The molecule has 4 aromatic rings. The Morgan fingerprint density at radius 1 is 0.897 bits per heavy atom. The summed E-state index contributed by atoms with van der Waals surface area (Å²) in [6, 6.07) is 24.7. The van der Waals surface area contributed by atoms with Crippen molar-refractivity contribution in [3.8, 4) is 11.4 Å². The molecule has 3 heterocycles. The van der Waals surface area contributed by atoms with Gasteiger partial charge in [-0.1, -0.05) is 54.6 Å². The van der Waals surface area contributed by atoms with E-state index in [1.807, 2.05) is 48.7 Å². The van der Waals surface area contributed by atoms with Crippen LogP contribution in [0.1, 0.15) is 11.1 Å². The first kappa shape index (κ1) is 17.4. The van der Waals surface area contributed by atoms with Crippen LogP contribution in [0.4, 0.5) is 17.3 Å². The van der Waals surface area contributed by atoms with Gasteiger partial charge >= 0.3 is 0 Å². The van der Waals surface area contributed by atoms with E-state index in [0.717, 1.165) is 41.6 Å². The fraction of sp³-hybridized carbons (Fsp3) is 0.125. The second-order valence-electron chi connectivity index (χ2n) is 7.05. The highest BCUT2D eigenvalue weighted by atomic mass is 15.2. The number of aromatic nitrogens is 3. The van der Waals surface area contributed by atoms with Gasteiger partial charge in [-0.2, -0.15) is 0 Å². The summed E-state index contributed by atoms with van der Waals surface area (Å²) in [5, 5.41) is 3.44. The van der Waals surface area contributed by atoms with Crippen molar-refractivity contribution < 1.29 is 0 Å².